The van der Waals surface area contributed by atoms with Gasteiger partial charge in [0.1, 0.15) is 23.2 Å². The highest BCUT2D eigenvalue weighted by atomic mass is 31.2. The van der Waals surface area contributed by atoms with Gasteiger partial charge in [0.15, 0.2) is 6.61 Å². The summed E-state index contributed by atoms with van der Waals surface area (Å²) >= 11 is 0. The predicted octanol–water partition coefficient (Wildman–Crippen LogP) is 3.58. The van der Waals surface area contributed by atoms with Crippen molar-refractivity contribution in [1.29, 1.82) is 0 Å². The van der Waals surface area contributed by atoms with Crippen molar-refractivity contribution >= 4 is 25.8 Å². The third-order valence-electron chi connectivity index (χ3n) is 5.68. The third kappa shape index (κ3) is 9.36. The first kappa shape index (κ1) is 28.5. The molecule has 1 amide bonds. The Hall–Kier alpha value is -3.11. The van der Waals surface area contributed by atoms with E-state index < -0.39 is 31.4 Å². The van der Waals surface area contributed by atoms with Gasteiger partial charge in [0, 0.05) is 25.6 Å². The first-order valence-corrected chi connectivity index (χ1v) is 13.7. The van der Waals surface area contributed by atoms with Gasteiger partial charge in [0.05, 0.1) is 5.70 Å². The van der Waals surface area contributed by atoms with E-state index in [4.69, 9.17) is 14.1 Å². The van der Waals surface area contributed by atoms with E-state index in [2.05, 4.69) is 5.48 Å². The van der Waals surface area contributed by atoms with E-state index in [1.54, 1.807) is 17.9 Å². The maximum absolute atomic E-state index is 13.1. The average molecular weight is 537 g/mol. The normalized spacial score (nSPS) is 20.7. The molecule has 12 heteroatoms. The Labute approximate surface area is 215 Å². The van der Waals surface area contributed by atoms with Crippen molar-refractivity contribution in [3.8, 4) is 11.5 Å². The summed E-state index contributed by atoms with van der Waals surface area (Å²) in [4.78, 5) is 51.4. The minimum Gasteiger partial charge on any atom is -0.508 e. The molecule has 2 heterocycles. The van der Waals surface area contributed by atoms with Crippen LogP contribution < -0.4 is 10.0 Å². The second kappa shape index (κ2) is 13.4. The first-order valence-electron chi connectivity index (χ1n) is 12.1. The number of nitrogens with one attached hydrogen (secondary N) is 1. The molecular weight excluding hydrogens is 503 g/mol. The summed E-state index contributed by atoms with van der Waals surface area (Å²) < 4.78 is 21.8. The lowest BCUT2D eigenvalue weighted by atomic mass is 10.0. The molecule has 1 fully saturated rings. The van der Waals surface area contributed by atoms with Crippen molar-refractivity contribution < 1.29 is 43.1 Å². The molecule has 202 valence electrons. The number of hydrogen-bond acceptors (Lipinski definition) is 8. The molecule has 4 N–H and O–H groups in total. The van der Waals surface area contributed by atoms with Crippen LogP contribution in [0.3, 0.4) is 0 Å². The van der Waals surface area contributed by atoms with Gasteiger partial charge in [0.2, 0.25) is 0 Å². The monoisotopic (exact) mass is 536 g/mol. The maximum atomic E-state index is 13.1. The van der Waals surface area contributed by atoms with Gasteiger partial charge in [-0.2, -0.15) is 0 Å². The number of carbonyl (C=O) groups is 2. The minimum atomic E-state index is -5.07. The van der Waals surface area contributed by atoms with Crippen LogP contribution >= 0.6 is 7.82 Å². The number of carbonyl (C=O) groups excluding carboxylic acids is 2. The Morgan fingerprint density at radius 2 is 1.89 bits per heavy atom. The lowest BCUT2D eigenvalue weighted by molar-refractivity contribution is -0.139. The number of phenols is 1. The fraction of sp³-hybridized carbons (Fsp3) is 0.440. The number of cyclic esters (lactones) is 1. The van der Waals surface area contributed by atoms with Crippen molar-refractivity contribution in [2.75, 3.05) is 19.7 Å². The molecule has 1 saturated heterocycles. The number of aromatic hydroxyl groups is 1. The van der Waals surface area contributed by atoms with Gasteiger partial charge in [0.25, 0.3) is 5.91 Å². The number of rotatable bonds is 6. The van der Waals surface area contributed by atoms with Crippen LogP contribution in [0.25, 0.3) is 6.08 Å². The topological polar surface area (TPSA) is 155 Å². The number of phenolic OH excluding ortho intramolecular Hbond substituents is 1. The standard InChI is InChI=1S/C25H33N2O9P/c1-18-10-6-3-2-4-7-11-20(26-34-17-23(29)27-12-8-5-9-13-27)14-19-15-21(28)16-22(36-37(31,32)33)24(19)25(30)35-18/h3,6-7,11,14-16,18,26,28H,2,4-5,8-10,12-13,17H2,1H3,(H2,31,32,33)/b6-3?,11-7?,20-14-/t18-/m1/s1. The summed E-state index contributed by atoms with van der Waals surface area (Å²) in [5.74, 6) is -1.98. The van der Waals surface area contributed by atoms with Crippen LogP contribution in [0, 0.1) is 0 Å². The Morgan fingerprint density at radius 3 is 2.62 bits per heavy atom. The molecular formula is C25H33N2O9P. The number of hydroxylamine groups is 1. The number of benzene rings is 1. The predicted molar refractivity (Wildman–Crippen MR) is 135 cm³/mol. The molecule has 1 aromatic carbocycles. The quantitative estimate of drug-likeness (QED) is 0.183. The maximum Gasteiger partial charge on any atom is 0.524 e. The molecule has 11 nitrogen and oxygen atoms in total. The van der Waals surface area contributed by atoms with Gasteiger partial charge >= 0.3 is 13.8 Å². The number of fused-ring (bicyclic) bond motifs is 1. The molecule has 1 atom stereocenters. The average Bonchev–Trinajstić information content (AvgIpc) is 2.81. The fourth-order valence-electron chi connectivity index (χ4n) is 3.95. The van der Waals surface area contributed by atoms with E-state index in [0.29, 0.717) is 31.6 Å². The highest BCUT2D eigenvalue weighted by molar-refractivity contribution is 7.46. The molecule has 0 unspecified atom stereocenters. The van der Waals surface area contributed by atoms with Crippen LogP contribution in [0.5, 0.6) is 11.5 Å². The number of likely N-dealkylation sites (tertiary alicyclic amines) is 1. The molecule has 1 aromatic rings. The van der Waals surface area contributed by atoms with Crippen molar-refractivity contribution in [1.82, 2.24) is 10.4 Å². The van der Waals surface area contributed by atoms with E-state index in [1.807, 2.05) is 18.2 Å². The van der Waals surface area contributed by atoms with E-state index in [1.165, 1.54) is 12.1 Å². The van der Waals surface area contributed by atoms with Crippen LogP contribution in [-0.4, -0.2) is 57.5 Å². The summed E-state index contributed by atoms with van der Waals surface area (Å²) in [6.45, 7) is 2.85. The Bertz CT molecular complexity index is 1100. The SMILES string of the molecule is C[C@@H]1CC=CCCC=C/C(NOCC(=O)N2CCCCC2)=C/c2cc(O)cc(OP(=O)(O)O)c2C(=O)O1. The van der Waals surface area contributed by atoms with Crippen molar-refractivity contribution in [3.05, 3.63) is 53.3 Å². The fourth-order valence-corrected chi connectivity index (χ4v) is 4.35. The zero-order chi connectivity index (χ0) is 26.8. The summed E-state index contributed by atoms with van der Waals surface area (Å²) in [7, 11) is -5.07. The van der Waals surface area contributed by atoms with Crippen LogP contribution in [0.1, 0.15) is 61.4 Å². The van der Waals surface area contributed by atoms with E-state index >= 15 is 0 Å². The zero-order valence-electron chi connectivity index (χ0n) is 20.7. The zero-order valence-corrected chi connectivity index (χ0v) is 21.6. The van der Waals surface area contributed by atoms with Crippen LogP contribution in [0.2, 0.25) is 0 Å². The summed E-state index contributed by atoms with van der Waals surface area (Å²) in [5.41, 5.74) is 2.80. The number of esters is 1. The second-order valence-corrected chi connectivity index (χ2v) is 9.99. The van der Waals surface area contributed by atoms with E-state index in [-0.39, 0.29) is 23.6 Å². The Balaban J connectivity index is 1.94. The highest BCUT2D eigenvalue weighted by Gasteiger charge is 2.27. The third-order valence-corrected chi connectivity index (χ3v) is 6.12. The lowest BCUT2D eigenvalue weighted by Crippen LogP contribution is -2.39. The number of phosphoric acid groups is 1. The smallest absolute Gasteiger partial charge is 0.508 e. The number of hydrogen-bond donors (Lipinski definition) is 4. The van der Waals surface area contributed by atoms with E-state index in [9.17, 15) is 29.0 Å². The second-order valence-electron chi connectivity index (χ2n) is 8.82. The Kier molecular flexibility index (Phi) is 10.3. The van der Waals surface area contributed by atoms with Crippen molar-refractivity contribution in [2.45, 2.75) is 51.6 Å². The molecule has 0 spiro atoms. The summed E-state index contributed by atoms with van der Waals surface area (Å²) in [6.07, 6.45) is 13.2. The lowest BCUT2D eigenvalue weighted by Gasteiger charge is -2.26. The number of piperidine rings is 1. The van der Waals surface area contributed by atoms with Gasteiger partial charge in [-0.3, -0.25) is 24.9 Å². The Morgan fingerprint density at radius 1 is 1.16 bits per heavy atom. The molecule has 2 aliphatic heterocycles. The number of nitrogens with zero attached hydrogens (tertiary/aromatic N) is 1. The van der Waals surface area contributed by atoms with Crippen molar-refractivity contribution in [2.24, 2.45) is 0 Å². The minimum absolute atomic E-state index is 0.0614. The van der Waals surface area contributed by atoms with Gasteiger partial charge in [-0.1, -0.05) is 18.2 Å². The highest BCUT2D eigenvalue weighted by Crippen LogP contribution is 2.42. The van der Waals surface area contributed by atoms with Gasteiger partial charge in [-0.15, -0.1) is 0 Å². The molecule has 2 aliphatic rings. The molecule has 3 rings (SSSR count). The number of allylic oxidation sites excluding steroid dienone is 3. The van der Waals surface area contributed by atoms with Gasteiger partial charge < -0.3 is 19.3 Å². The number of ether oxygens (including phenoxy) is 1. The molecule has 0 bridgehead atoms. The van der Waals surface area contributed by atoms with Gasteiger partial charge in [-0.25, -0.2) is 9.36 Å². The first-order chi connectivity index (χ1) is 17.6. The van der Waals surface area contributed by atoms with Crippen molar-refractivity contribution in [3.63, 3.8) is 0 Å². The molecule has 37 heavy (non-hydrogen) atoms. The van der Waals surface area contributed by atoms with E-state index in [0.717, 1.165) is 31.7 Å². The van der Waals surface area contributed by atoms with Crippen LogP contribution in [-0.2, 0) is 18.9 Å². The number of amides is 1. The number of phosphoric ester groups is 1. The van der Waals surface area contributed by atoms with Crippen LogP contribution in [0.15, 0.2) is 42.1 Å². The molecule has 0 aromatic heterocycles. The molecule has 0 aliphatic carbocycles. The largest absolute Gasteiger partial charge is 0.524 e. The summed E-state index contributed by atoms with van der Waals surface area (Å²) in [5, 5.41) is 10.2. The van der Waals surface area contributed by atoms with Gasteiger partial charge in [-0.05, 0) is 62.8 Å². The molecule has 0 saturated carbocycles. The van der Waals surface area contributed by atoms with Crippen LogP contribution in [0.4, 0.5) is 0 Å². The summed E-state index contributed by atoms with van der Waals surface area (Å²) in [6, 6.07) is 2.16. The molecule has 0 radical (unpaired) electrons.